The molecule has 0 heterocycles. The van der Waals surface area contributed by atoms with Gasteiger partial charge in [0.2, 0.25) is 0 Å². The van der Waals surface area contributed by atoms with Crippen LogP contribution in [-0.4, -0.2) is 24.3 Å². The molecule has 0 saturated heterocycles. The molecule has 0 fully saturated rings. The predicted octanol–water partition coefficient (Wildman–Crippen LogP) is 3.52. The van der Waals surface area contributed by atoms with Crippen molar-refractivity contribution in [3.63, 3.8) is 0 Å². The van der Waals surface area contributed by atoms with Gasteiger partial charge in [-0.2, -0.15) is 0 Å². The third-order valence-corrected chi connectivity index (χ3v) is 2.28. The largest absolute Gasteiger partial charge is 0.486 e. The number of halogens is 1. The van der Waals surface area contributed by atoms with E-state index in [4.69, 9.17) is 9.47 Å². The van der Waals surface area contributed by atoms with Crippen molar-refractivity contribution in [2.45, 2.75) is 39.4 Å². The van der Waals surface area contributed by atoms with Crippen LogP contribution in [0.2, 0.25) is 0 Å². The Labute approximate surface area is 122 Å². The van der Waals surface area contributed by atoms with Gasteiger partial charge in [-0.15, -0.1) is 4.91 Å². The minimum Gasteiger partial charge on any atom is -0.486 e. The Morgan fingerprint density at radius 2 is 2.10 bits per heavy atom. The summed E-state index contributed by atoms with van der Waals surface area (Å²) in [5.74, 6) is -0.506. The maximum Gasteiger partial charge on any atom is 0.407 e. The summed E-state index contributed by atoms with van der Waals surface area (Å²) in [7, 11) is 0. The van der Waals surface area contributed by atoms with Crippen LogP contribution in [0.3, 0.4) is 0 Å². The second-order valence-corrected chi connectivity index (χ2v) is 5.51. The zero-order valence-corrected chi connectivity index (χ0v) is 12.5. The maximum atomic E-state index is 13.1. The van der Waals surface area contributed by atoms with Crippen molar-refractivity contribution >= 4 is 11.8 Å². The molecule has 7 heteroatoms. The van der Waals surface area contributed by atoms with E-state index in [1.807, 2.05) is 0 Å². The van der Waals surface area contributed by atoms with Gasteiger partial charge in [0.25, 0.3) is 0 Å². The van der Waals surface area contributed by atoms with Crippen LogP contribution in [0, 0.1) is 10.7 Å². The molecular formula is C14H19FN2O4. The Bertz CT molecular complexity index is 514. The second kappa shape index (κ2) is 7.01. The molecule has 1 aromatic rings. The molecule has 1 aromatic carbocycles. The number of nitroso groups, excluding NO2 is 1. The number of benzene rings is 1. The lowest BCUT2D eigenvalue weighted by Crippen LogP contribution is -2.37. The molecule has 0 aliphatic rings. The number of nitrogens with zero attached hydrogens (tertiary/aromatic N) is 1. The van der Waals surface area contributed by atoms with Gasteiger partial charge in [0.05, 0.1) is 6.54 Å². The van der Waals surface area contributed by atoms with Gasteiger partial charge >= 0.3 is 6.09 Å². The second-order valence-electron chi connectivity index (χ2n) is 5.51. The van der Waals surface area contributed by atoms with Crippen LogP contribution < -0.4 is 10.1 Å². The highest BCUT2D eigenvalue weighted by Gasteiger charge is 2.17. The Balaban J connectivity index is 2.54. The summed E-state index contributed by atoms with van der Waals surface area (Å²) < 4.78 is 23.6. The summed E-state index contributed by atoms with van der Waals surface area (Å²) in [6, 6.07) is 3.42. The van der Waals surface area contributed by atoms with Gasteiger partial charge in [-0.1, -0.05) is 0 Å². The van der Waals surface area contributed by atoms with E-state index in [1.54, 1.807) is 27.7 Å². The quantitative estimate of drug-likeness (QED) is 0.844. The molecule has 1 rings (SSSR count). The van der Waals surface area contributed by atoms with Crippen LogP contribution >= 0.6 is 0 Å². The molecule has 0 radical (unpaired) electrons. The zero-order valence-electron chi connectivity index (χ0n) is 12.5. The van der Waals surface area contributed by atoms with Crippen molar-refractivity contribution in [3.05, 3.63) is 28.9 Å². The minimum absolute atomic E-state index is 0.000480. The van der Waals surface area contributed by atoms with Gasteiger partial charge < -0.3 is 14.8 Å². The third-order valence-electron chi connectivity index (χ3n) is 2.28. The van der Waals surface area contributed by atoms with Crippen molar-refractivity contribution in [2.24, 2.45) is 5.18 Å². The van der Waals surface area contributed by atoms with Gasteiger partial charge in [-0.05, 0) is 45.0 Å². The summed E-state index contributed by atoms with van der Waals surface area (Å²) in [4.78, 5) is 22.1. The van der Waals surface area contributed by atoms with E-state index in [-0.39, 0.29) is 18.0 Å². The summed E-state index contributed by atoms with van der Waals surface area (Å²) in [5.41, 5.74) is -0.591. The van der Waals surface area contributed by atoms with E-state index in [2.05, 4.69) is 10.5 Å². The number of hydrogen-bond acceptors (Lipinski definition) is 5. The highest BCUT2D eigenvalue weighted by Crippen LogP contribution is 2.28. The fraction of sp³-hybridized carbons (Fsp3) is 0.500. The average molecular weight is 298 g/mol. The van der Waals surface area contributed by atoms with E-state index in [0.29, 0.717) is 0 Å². The monoisotopic (exact) mass is 298 g/mol. The van der Waals surface area contributed by atoms with E-state index >= 15 is 0 Å². The topological polar surface area (TPSA) is 77.0 Å². The molecule has 0 aromatic heterocycles. The first-order valence-corrected chi connectivity index (χ1v) is 6.47. The van der Waals surface area contributed by atoms with Gasteiger partial charge in [0.1, 0.15) is 23.2 Å². The number of rotatable bonds is 5. The lowest BCUT2D eigenvalue weighted by atomic mass is 10.2. The minimum atomic E-state index is -0.592. The number of alkyl carbamates (subject to hydrolysis) is 1. The van der Waals surface area contributed by atoms with Crippen LogP contribution in [0.25, 0.3) is 0 Å². The first kappa shape index (κ1) is 16.9. The van der Waals surface area contributed by atoms with E-state index in [9.17, 15) is 14.1 Å². The average Bonchev–Trinajstić information content (AvgIpc) is 2.35. The van der Waals surface area contributed by atoms with Gasteiger partial charge in [-0.3, -0.25) is 0 Å². The number of hydrogen-bond donors (Lipinski definition) is 1. The molecule has 1 amide bonds. The number of nitrogens with one attached hydrogen (secondary N) is 1. The molecule has 6 nitrogen and oxygen atoms in total. The molecule has 0 aliphatic heterocycles. The third kappa shape index (κ3) is 6.20. The molecule has 1 N–H and O–H groups in total. The Kier molecular flexibility index (Phi) is 5.63. The smallest absolute Gasteiger partial charge is 0.407 e. The lowest BCUT2D eigenvalue weighted by molar-refractivity contribution is 0.0505. The molecule has 21 heavy (non-hydrogen) atoms. The normalized spacial score (nSPS) is 12.4. The van der Waals surface area contributed by atoms with Crippen LogP contribution in [0.15, 0.2) is 23.4 Å². The van der Waals surface area contributed by atoms with Crippen LogP contribution in [0.1, 0.15) is 27.7 Å². The number of ether oxygens (including phenoxy) is 2. The standard InChI is InChI=1S/C14H19FN2O4/c1-9(8-16-13(18)21-14(2,3)4)20-12-7-10(15)5-6-11(12)17-19/h5-7,9H,8H2,1-4H3,(H,16,18). The van der Waals surface area contributed by atoms with Crippen molar-refractivity contribution in [3.8, 4) is 5.75 Å². The van der Waals surface area contributed by atoms with Gasteiger partial charge in [0.15, 0.2) is 5.75 Å². The van der Waals surface area contributed by atoms with Gasteiger partial charge in [-0.25, -0.2) is 9.18 Å². The fourth-order valence-electron chi connectivity index (χ4n) is 1.46. The molecule has 0 bridgehead atoms. The first-order valence-electron chi connectivity index (χ1n) is 6.47. The van der Waals surface area contributed by atoms with Crippen molar-refractivity contribution in [2.75, 3.05) is 6.54 Å². The van der Waals surface area contributed by atoms with E-state index < -0.39 is 23.6 Å². The molecular weight excluding hydrogens is 279 g/mol. The predicted molar refractivity (Wildman–Crippen MR) is 76.2 cm³/mol. The van der Waals surface area contributed by atoms with Crippen LogP contribution in [-0.2, 0) is 4.74 Å². The van der Waals surface area contributed by atoms with E-state index in [1.165, 1.54) is 6.07 Å². The summed E-state index contributed by atoms with van der Waals surface area (Å²) in [6.07, 6.45) is -1.06. The summed E-state index contributed by atoms with van der Waals surface area (Å²) in [6.45, 7) is 7.06. The lowest BCUT2D eigenvalue weighted by Gasteiger charge is -2.21. The highest BCUT2D eigenvalue weighted by molar-refractivity contribution is 5.67. The van der Waals surface area contributed by atoms with E-state index in [0.717, 1.165) is 12.1 Å². The number of carbonyl (C=O) groups excluding carboxylic acids is 1. The number of carbonyl (C=O) groups is 1. The Morgan fingerprint density at radius 3 is 2.67 bits per heavy atom. The van der Waals surface area contributed by atoms with Crippen LogP contribution in [0.5, 0.6) is 5.75 Å². The van der Waals surface area contributed by atoms with Gasteiger partial charge in [0, 0.05) is 6.07 Å². The molecule has 116 valence electrons. The Morgan fingerprint density at radius 1 is 1.43 bits per heavy atom. The Hall–Kier alpha value is -2.18. The summed E-state index contributed by atoms with van der Waals surface area (Å²) in [5, 5.41) is 5.28. The molecule has 0 aliphatic carbocycles. The molecule has 1 unspecified atom stereocenters. The SMILES string of the molecule is CC(CNC(=O)OC(C)(C)C)Oc1cc(F)ccc1N=O. The van der Waals surface area contributed by atoms with Crippen molar-refractivity contribution in [1.29, 1.82) is 0 Å². The first-order chi connectivity index (χ1) is 9.71. The van der Waals surface area contributed by atoms with Crippen LogP contribution in [0.4, 0.5) is 14.9 Å². The molecule has 0 saturated carbocycles. The highest BCUT2D eigenvalue weighted by atomic mass is 19.1. The molecule has 0 spiro atoms. The fourth-order valence-corrected chi connectivity index (χ4v) is 1.46. The zero-order chi connectivity index (χ0) is 16.0. The van der Waals surface area contributed by atoms with Crippen molar-refractivity contribution in [1.82, 2.24) is 5.32 Å². The van der Waals surface area contributed by atoms with Crippen molar-refractivity contribution < 1.29 is 18.7 Å². The number of amides is 1. The summed E-state index contributed by atoms with van der Waals surface area (Å²) >= 11 is 0. The molecule has 1 atom stereocenters. The maximum absolute atomic E-state index is 13.1.